The van der Waals surface area contributed by atoms with E-state index in [4.69, 9.17) is 0 Å². The van der Waals surface area contributed by atoms with Gasteiger partial charge in [-0.15, -0.1) is 0 Å². The average Bonchev–Trinajstić information content (AvgIpc) is 3.00. The van der Waals surface area contributed by atoms with Gasteiger partial charge in [0.25, 0.3) is 5.91 Å². The summed E-state index contributed by atoms with van der Waals surface area (Å²) in [5, 5.41) is 3.09. The summed E-state index contributed by atoms with van der Waals surface area (Å²) in [6.07, 6.45) is 6.27. The van der Waals surface area contributed by atoms with E-state index in [2.05, 4.69) is 26.1 Å². The van der Waals surface area contributed by atoms with Gasteiger partial charge < -0.3 is 10.2 Å². The van der Waals surface area contributed by atoms with Gasteiger partial charge in [-0.3, -0.25) is 9.59 Å². The number of fused-ring (bicyclic) bond motifs is 1. The highest BCUT2D eigenvalue weighted by Gasteiger charge is 2.47. The Kier molecular flexibility index (Phi) is 5.69. The van der Waals surface area contributed by atoms with Crippen molar-refractivity contribution in [2.24, 2.45) is 11.3 Å². The lowest BCUT2D eigenvalue weighted by Crippen LogP contribution is -2.49. The Bertz CT molecular complexity index is 635. The predicted octanol–water partition coefficient (Wildman–Crippen LogP) is 4.01. The van der Waals surface area contributed by atoms with Gasteiger partial charge in [0.15, 0.2) is 0 Å². The Labute approximate surface area is 157 Å². The summed E-state index contributed by atoms with van der Waals surface area (Å²) < 4.78 is 0. The summed E-state index contributed by atoms with van der Waals surface area (Å²) in [5.41, 5.74) is 0.877. The number of carbonyl (C=O) groups is 2. The van der Waals surface area contributed by atoms with Crippen molar-refractivity contribution in [1.29, 1.82) is 0 Å². The van der Waals surface area contributed by atoms with Crippen molar-refractivity contribution in [1.82, 2.24) is 10.2 Å². The normalized spacial score (nSPS) is 25.7. The first kappa shape index (κ1) is 18.9. The molecule has 1 heterocycles. The second-order valence-corrected chi connectivity index (χ2v) is 9.04. The zero-order valence-corrected chi connectivity index (χ0v) is 16.3. The largest absolute Gasteiger partial charge is 0.354 e. The van der Waals surface area contributed by atoms with E-state index in [-0.39, 0.29) is 29.3 Å². The van der Waals surface area contributed by atoms with Crippen LogP contribution in [0, 0.1) is 11.3 Å². The average molecular weight is 357 g/mol. The van der Waals surface area contributed by atoms with Gasteiger partial charge in [0.05, 0.1) is 0 Å². The highest BCUT2D eigenvalue weighted by Crippen LogP contribution is 2.40. The summed E-state index contributed by atoms with van der Waals surface area (Å²) >= 11 is 0. The first-order valence-electron chi connectivity index (χ1n) is 10.0. The van der Waals surface area contributed by atoms with E-state index >= 15 is 0 Å². The van der Waals surface area contributed by atoms with Crippen molar-refractivity contribution in [2.75, 3.05) is 6.54 Å². The van der Waals surface area contributed by atoms with E-state index in [0.717, 1.165) is 32.1 Å². The fourth-order valence-corrected chi connectivity index (χ4v) is 4.39. The SMILES string of the molecule is CC(C)(C)CCNC(=O)C1CC2CCCCC2N1C(=O)c1ccccc1. The molecule has 3 unspecified atom stereocenters. The molecule has 3 atom stereocenters. The van der Waals surface area contributed by atoms with Crippen molar-refractivity contribution in [2.45, 2.75) is 71.4 Å². The Hall–Kier alpha value is -1.84. The highest BCUT2D eigenvalue weighted by atomic mass is 16.2. The molecule has 4 nitrogen and oxygen atoms in total. The minimum Gasteiger partial charge on any atom is -0.354 e. The Morgan fingerprint density at radius 2 is 1.81 bits per heavy atom. The van der Waals surface area contributed by atoms with Crippen LogP contribution in [0.15, 0.2) is 30.3 Å². The summed E-state index contributed by atoms with van der Waals surface area (Å²) in [4.78, 5) is 28.0. The number of nitrogens with zero attached hydrogens (tertiary/aromatic N) is 1. The van der Waals surface area contributed by atoms with Gasteiger partial charge in [-0.05, 0) is 49.1 Å². The molecule has 0 bridgehead atoms. The maximum Gasteiger partial charge on any atom is 0.254 e. The number of rotatable bonds is 4. The maximum atomic E-state index is 13.2. The summed E-state index contributed by atoms with van der Waals surface area (Å²) in [7, 11) is 0. The molecule has 1 N–H and O–H groups in total. The van der Waals surface area contributed by atoms with E-state index in [9.17, 15) is 9.59 Å². The Morgan fingerprint density at radius 1 is 1.12 bits per heavy atom. The molecule has 1 aliphatic carbocycles. The third-order valence-electron chi connectivity index (χ3n) is 5.82. The van der Waals surface area contributed by atoms with Crippen LogP contribution < -0.4 is 5.32 Å². The number of nitrogens with one attached hydrogen (secondary N) is 1. The lowest BCUT2D eigenvalue weighted by Gasteiger charge is -2.33. The van der Waals surface area contributed by atoms with Crippen molar-refractivity contribution < 1.29 is 9.59 Å². The first-order valence-corrected chi connectivity index (χ1v) is 10.0. The zero-order valence-electron chi connectivity index (χ0n) is 16.3. The van der Waals surface area contributed by atoms with Crippen molar-refractivity contribution in [3.05, 3.63) is 35.9 Å². The first-order chi connectivity index (χ1) is 12.4. The standard InChI is InChI=1S/C22H32N2O2/c1-22(2,3)13-14-23-20(25)19-15-17-11-7-8-12-18(17)24(19)21(26)16-9-5-4-6-10-16/h4-6,9-10,17-19H,7-8,11-15H2,1-3H3,(H,23,25). The fraction of sp³-hybridized carbons (Fsp3) is 0.636. The minimum absolute atomic E-state index is 0.0102. The second-order valence-electron chi connectivity index (χ2n) is 9.04. The molecule has 0 spiro atoms. The molecule has 1 aromatic carbocycles. The van der Waals surface area contributed by atoms with Crippen LogP contribution in [0.3, 0.4) is 0 Å². The van der Waals surface area contributed by atoms with Crippen LogP contribution in [-0.4, -0.2) is 35.3 Å². The molecule has 4 heteroatoms. The third-order valence-corrected chi connectivity index (χ3v) is 5.82. The van der Waals surface area contributed by atoms with Gasteiger partial charge in [0, 0.05) is 18.2 Å². The smallest absolute Gasteiger partial charge is 0.254 e. The van der Waals surface area contributed by atoms with Gasteiger partial charge in [-0.25, -0.2) is 0 Å². The monoisotopic (exact) mass is 356 g/mol. The molecule has 2 aliphatic rings. The molecular formula is C22H32N2O2. The highest BCUT2D eigenvalue weighted by molar-refractivity contribution is 5.98. The summed E-state index contributed by atoms with van der Waals surface area (Å²) in [5.74, 6) is 0.499. The van der Waals surface area contributed by atoms with E-state index in [1.807, 2.05) is 35.2 Å². The van der Waals surface area contributed by atoms with Crippen molar-refractivity contribution in [3.8, 4) is 0 Å². The number of benzene rings is 1. The molecule has 1 aliphatic heterocycles. The van der Waals surface area contributed by atoms with Crippen LogP contribution in [0.4, 0.5) is 0 Å². The molecule has 1 saturated heterocycles. The van der Waals surface area contributed by atoms with Gasteiger partial charge in [-0.1, -0.05) is 51.8 Å². The van der Waals surface area contributed by atoms with E-state index in [1.165, 1.54) is 6.42 Å². The van der Waals surface area contributed by atoms with Gasteiger partial charge in [0.2, 0.25) is 5.91 Å². The molecule has 0 radical (unpaired) electrons. The number of hydrogen-bond donors (Lipinski definition) is 1. The molecule has 26 heavy (non-hydrogen) atoms. The van der Waals surface area contributed by atoms with Crippen molar-refractivity contribution in [3.63, 3.8) is 0 Å². The van der Waals surface area contributed by atoms with E-state index in [1.54, 1.807) is 0 Å². The summed E-state index contributed by atoms with van der Waals surface area (Å²) in [6.45, 7) is 7.19. The number of carbonyl (C=O) groups excluding carboxylic acids is 2. The van der Waals surface area contributed by atoms with Crippen LogP contribution in [0.1, 0.15) is 69.7 Å². The minimum atomic E-state index is -0.323. The predicted molar refractivity (Wildman–Crippen MR) is 104 cm³/mol. The number of hydrogen-bond acceptors (Lipinski definition) is 2. The number of likely N-dealkylation sites (tertiary alicyclic amines) is 1. The van der Waals surface area contributed by atoms with Crippen LogP contribution in [0.2, 0.25) is 0 Å². The quantitative estimate of drug-likeness (QED) is 0.886. The van der Waals surface area contributed by atoms with E-state index < -0.39 is 0 Å². The third kappa shape index (κ3) is 4.28. The molecule has 1 aromatic rings. The Morgan fingerprint density at radius 3 is 2.50 bits per heavy atom. The van der Waals surface area contributed by atoms with Gasteiger partial charge in [-0.2, -0.15) is 0 Å². The van der Waals surface area contributed by atoms with Gasteiger partial charge >= 0.3 is 0 Å². The molecule has 3 rings (SSSR count). The molecule has 2 amide bonds. The van der Waals surface area contributed by atoms with Crippen LogP contribution in [0.25, 0.3) is 0 Å². The maximum absolute atomic E-state index is 13.2. The van der Waals surface area contributed by atoms with Gasteiger partial charge in [0.1, 0.15) is 6.04 Å². The van der Waals surface area contributed by atoms with E-state index in [0.29, 0.717) is 18.0 Å². The second kappa shape index (κ2) is 7.81. The van der Waals surface area contributed by atoms with Crippen LogP contribution in [0.5, 0.6) is 0 Å². The molecule has 0 aromatic heterocycles. The molecular weight excluding hydrogens is 324 g/mol. The zero-order chi connectivity index (χ0) is 18.7. The van der Waals surface area contributed by atoms with Crippen LogP contribution in [-0.2, 0) is 4.79 Å². The molecule has 2 fully saturated rings. The lowest BCUT2D eigenvalue weighted by molar-refractivity contribution is -0.125. The Balaban J connectivity index is 1.75. The number of amides is 2. The van der Waals surface area contributed by atoms with Crippen LogP contribution >= 0.6 is 0 Å². The summed E-state index contributed by atoms with van der Waals surface area (Å²) in [6, 6.07) is 9.30. The fourth-order valence-electron chi connectivity index (χ4n) is 4.39. The molecule has 142 valence electrons. The van der Waals surface area contributed by atoms with Crippen molar-refractivity contribution >= 4 is 11.8 Å². The molecule has 1 saturated carbocycles. The lowest BCUT2D eigenvalue weighted by atomic mass is 9.84. The topological polar surface area (TPSA) is 49.4 Å².